The summed E-state index contributed by atoms with van der Waals surface area (Å²) in [6, 6.07) is 14.8. The second-order valence-corrected chi connectivity index (χ2v) is 7.68. The van der Waals surface area contributed by atoms with E-state index in [1.165, 1.54) is 28.9 Å². The minimum Gasteiger partial charge on any atom is -0.497 e. The van der Waals surface area contributed by atoms with E-state index >= 15 is 0 Å². The van der Waals surface area contributed by atoms with Crippen molar-refractivity contribution < 1.29 is 14.3 Å². The second-order valence-electron chi connectivity index (χ2n) is 7.68. The van der Waals surface area contributed by atoms with Crippen LogP contribution in [0.25, 0.3) is 0 Å². The number of hydrogen-bond donors (Lipinski definition) is 1. The van der Waals surface area contributed by atoms with Gasteiger partial charge in [0, 0.05) is 30.9 Å². The van der Waals surface area contributed by atoms with Gasteiger partial charge in [0.15, 0.2) is 0 Å². The number of carbonyl (C=O) groups is 1. The molecule has 1 N–H and O–H groups in total. The van der Waals surface area contributed by atoms with Crippen molar-refractivity contribution in [2.45, 2.75) is 26.4 Å². The van der Waals surface area contributed by atoms with Gasteiger partial charge in [-0.3, -0.25) is 14.2 Å². The van der Waals surface area contributed by atoms with Crippen LogP contribution in [0.15, 0.2) is 53.3 Å². The number of methoxy groups -OCH3 is 2. The number of rotatable bonds is 6. The van der Waals surface area contributed by atoms with Crippen molar-refractivity contribution >= 4 is 17.5 Å². The average Bonchev–Trinajstić information content (AvgIpc) is 2.80. The topological polar surface area (TPSA) is 85.7 Å². The monoisotopic (exact) mass is 434 g/mol. The molecule has 1 aliphatic heterocycles. The summed E-state index contributed by atoms with van der Waals surface area (Å²) in [5, 5.41) is 2.82. The number of anilines is 2. The van der Waals surface area contributed by atoms with Gasteiger partial charge in [-0.2, -0.15) is 0 Å². The first kappa shape index (κ1) is 21.4. The van der Waals surface area contributed by atoms with Crippen molar-refractivity contribution in [2.75, 3.05) is 31.0 Å². The molecule has 4 rings (SSSR count). The summed E-state index contributed by atoms with van der Waals surface area (Å²) in [6.07, 6.45) is 0.854. The van der Waals surface area contributed by atoms with Crippen LogP contribution in [0, 0.1) is 6.92 Å². The van der Waals surface area contributed by atoms with Gasteiger partial charge in [0.25, 0.3) is 5.56 Å². The Morgan fingerprint density at radius 3 is 2.62 bits per heavy atom. The lowest BCUT2D eigenvalue weighted by molar-refractivity contribution is -0.116. The third-order valence-corrected chi connectivity index (χ3v) is 5.51. The maximum absolute atomic E-state index is 12.9. The molecule has 32 heavy (non-hydrogen) atoms. The molecule has 0 spiro atoms. The minimum absolute atomic E-state index is 0.167. The quantitative estimate of drug-likeness (QED) is 0.642. The summed E-state index contributed by atoms with van der Waals surface area (Å²) in [4.78, 5) is 32.4. The van der Waals surface area contributed by atoms with E-state index in [1.807, 2.05) is 12.1 Å². The molecule has 0 saturated heterocycles. The number of ether oxygens (including phenoxy) is 2. The lowest BCUT2D eigenvalue weighted by Gasteiger charge is -2.31. The van der Waals surface area contributed by atoms with Gasteiger partial charge in [0.1, 0.15) is 18.0 Å². The Hall–Kier alpha value is -3.81. The van der Waals surface area contributed by atoms with Crippen molar-refractivity contribution in [1.29, 1.82) is 0 Å². The van der Waals surface area contributed by atoms with Crippen molar-refractivity contribution in [3.8, 4) is 11.5 Å². The Kier molecular flexibility index (Phi) is 6.11. The maximum atomic E-state index is 12.9. The first-order valence-corrected chi connectivity index (χ1v) is 10.4. The van der Waals surface area contributed by atoms with Gasteiger partial charge in [0.05, 0.1) is 19.9 Å². The Bertz CT molecular complexity index is 1200. The summed E-state index contributed by atoms with van der Waals surface area (Å²) in [6.45, 7) is 2.98. The molecule has 1 amide bonds. The summed E-state index contributed by atoms with van der Waals surface area (Å²) >= 11 is 0. The number of aromatic nitrogens is 2. The van der Waals surface area contributed by atoms with Crippen molar-refractivity contribution in [3.05, 3.63) is 75.7 Å². The molecule has 8 nitrogen and oxygen atoms in total. The molecule has 0 aliphatic carbocycles. The maximum Gasteiger partial charge on any atom is 0.255 e. The lowest BCUT2D eigenvalue weighted by atomic mass is 10.0. The average molecular weight is 434 g/mol. The van der Waals surface area contributed by atoms with Gasteiger partial charge in [-0.1, -0.05) is 24.3 Å². The second kappa shape index (κ2) is 9.13. The molecule has 166 valence electrons. The van der Waals surface area contributed by atoms with Crippen molar-refractivity contribution in [3.63, 3.8) is 0 Å². The fraction of sp³-hybridized carbons (Fsp3) is 0.292. The lowest BCUT2D eigenvalue weighted by Crippen LogP contribution is -2.38. The van der Waals surface area contributed by atoms with E-state index in [1.54, 1.807) is 32.2 Å². The van der Waals surface area contributed by atoms with Crippen LogP contribution in [0.2, 0.25) is 0 Å². The number of carbonyl (C=O) groups excluding carboxylic acids is 1. The van der Waals surface area contributed by atoms with Gasteiger partial charge in [-0.05, 0) is 36.6 Å². The molecule has 0 saturated carbocycles. The third-order valence-electron chi connectivity index (χ3n) is 5.51. The van der Waals surface area contributed by atoms with E-state index in [9.17, 15) is 9.59 Å². The normalized spacial score (nSPS) is 12.8. The summed E-state index contributed by atoms with van der Waals surface area (Å²) < 4.78 is 12.0. The molecule has 2 heterocycles. The Balaban J connectivity index is 1.61. The third kappa shape index (κ3) is 4.44. The van der Waals surface area contributed by atoms with Gasteiger partial charge >= 0.3 is 0 Å². The van der Waals surface area contributed by atoms with Crippen LogP contribution in [-0.4, -0.2) is 36.2 Å². The largest absolute Gasteiger partial charge is 0.497 e. The standard InChI is InChI=1S/C24H26N4O4/c1-16-12-23(30)28(15-22(29)26-20-13-19(31-2)8-9-21(20)32-3)24(25-16)27-11-10-17-6-4-5-7-18(17)14-27/h4-9,12-13H,10-11,14-15H2,1-3H3,(H,26,29). The summed E-state index contributed by atoms with van der Waals surface area (Å²) in [7, 11) is 3.08. The van der Waals surface area contributed by atoms with Crippen LogP contribution in [0.1, 0.15) is 16.8 Å². The SMILES string of the molecule is COc1ccc(OC)c(NC(=O)Cn2c(N3CCc4ccccc4C3)nc(C)cc2=O)c1. The predicted molar refractivity (Wildman–Crippen MR) is 123 cm³/mol. The Morgan fingerprint density at radius 2 is 1.88 bits per heavy atom. The van der Waals surface area contributed by atoms with E-state index < -0.39 is 0 Å². The number of aryl methyl sites for hydroxylation is 1. The van der Waals surface area contributed by atoms with Gasteiger partial charge in [-0.25, -0.2) is 4.98 Å². The van der Waals surface area contributed by atoms with E-state index in [2.05, 4.69) is 27.3 Å². The van der Waals surface area contributed by atoms with Crippen LogP contribution in [0.5, 0.6) is 11.5 Å². The zero-order valence-electron chi connectivity index (χ0n) is 18.4. The number of nitrogens with zero attached hydrogens (tertiary/aromatic N) is 3. The van der Waals surface area contributed by atoms with Gasteiger partial charge in [-0.15, -0.1) is 0 Å². The van der Waals surface area contributed by atoms with Crippen molar-refractivity contribution in [1.82, 2.24) is 9.55 Å². The number of hydrogen-bond acceptors (Lipinski definition) is 6. The van der Waals surface area contributed by atoms with E-state index in [0.29, 0.717) is 35.4 Å². The molecule has 0 bridgehead atoms. The Morgan fingerprint density at radius 1 is 1.09 bits per heavy atom. The molecular formula is C24H26N4O4. The zero-order valence-corrected chi connectivity index (χ0v) is 18.4. The van der Waals surface area contributed by atoms with Gasteiger partial charge < -0.3 is 19.7 Å². The fourth-order valence-electron chi connectivity index (χ4n) is 3.91. The van der Waals surface area contributed by atoms with E-state index in [0.717, 1.165) is 13.0 Å². The van der Waals surface area contributed by atoms with Crippen molar-refractivity contribution in [2.24, 2.45) is 0 Å². The first-order chi connectivity index (χ1) is 15.5. The smallest absolute Gasteiger partial charge is 0.255 e. The molecule has 1 aliphatic rings. The minimum atomic E-state index is -0.358. The van der Waals surface area contributed by atoms with Crippen LogP contribution in [0.4, 0.5) is 11.6 Å². The van der Waals surface area contributed by atoms with Crippen LogP contribution >= 0.6 is 0 Å². The predicted octanol–water partition coefficient (Wildman–Crippen LogP) is 2.77. The fourth-order valence-corrected chi connectivity index (χ4v) is 3.91. The van der Waals surface area contributed by atoms with Crippen LogP contribution < -0.4 is 25.2 Å². The van der Waals surface area contributed by atoms with E-state index in [-0.39, 0.29) is 18.0 Å². The molecule has 0 unspecified atom stereocenters. The zero-order chi connectivity index (χ0) is 22.7. The molecule has 2 aromatic carbocycles. The number of benzene rings is 2. The molecule has 8 heteroatoms. The molecule has 0 fully saturated rings. The van der Waals surface area contributed by atoms with Gasteiger partial charge in [0.2, 0.25) is 11.9 Å². The molecule has 3 aromatic rings. The van der Waals surface area contributed by atoms with E-state index in [4.69, 9.17) is 9.47 Å². The Labute approximate surface area is 186 Å². The highest BCUT2D eigenvalue weighted by atomic mass is 16.5. The molecule has 0 atom stereocenters. The van der Waals surface area contributed by atoms with Crippen LogP contribution in [0.3, 0.4) is 0 Å². The molecule has 1 aromatic heterocycles. The highest BCUT2D eigenvalue weighted by Gasteiger charge is 2.22. The molecule has 0 radical (unpaired) electrons. The number of nitrogens with one attached hydrogen (secondary N) is 1. The number of fused-ring (bicyclic) bond motifs is 1. The van der Waals surface area contributed by atoms with Crippen LogP contribution in [-0.2, 0) is 24.3 Å². The highest BCUT2D eigenvalue weighted by Crippen LogP contribution is 2.29. The first-order valence-electron chi connectivity index (χ1n) is 10.4. The summed E-state index contributed by atoms with van der Waals surface area (Å²) in [5.41, 5.74) is 3.33. The highest BCUT2D eigenvalue weighted by molar-refractivity contribution is 5.92. The number of amides is 1. The summed E-state index contributed by atoms with van der Waals surface area (Å²) in [5.74, 6) is 1.23. The molecular weight excluding hydrogens is 408 g/mol.